The molecule has 0 N–H and O–H groups in total. The van der Waals surface area contributed by atoms with Crippen LogP contribution in [-0.4, -0.2) is 18.9 Å². The van der Waals surface area contributed by atoms with Gasteiger partial charge in [-0.25, -0.2) is 4.79 Å². The van der Waals surface area contributed by atoms with E-state index in [4.69, 9.17) is 4.74 Å². The quantitative estimate of drug-likeness (QED) is 0.796. The molecule has 3 rings (SSSR count). The second-order valence-corrected chi connectivity index (χ2v) is 5.35. The minimum absolute atomic E-state index is 0.0725. The van der Waals surface area contributed by atoms with Gasteiger partial charge in [0.1, 0.15) is 11.9 Å². The van der Waals surface area contributed by atoms with Crippen LogP contribution in [0.15, 0.2) is 42.5 Å². The van der Waals surface area contributed by atoms with Gasteiger partial charge in [-0.15, -0.1) is 0 Å². The maximum absolute atomic E-state index is 12.2. The van der Waals surface area contributed by atoms with E-state index in [9.17, 15) is 9.59 Å². The predicted octanol–water partition coefficient (Wildman–Crippen LogP) is 3.49. The van der Waals surface area contributed by atoms with E-state index in [1.165, 1.54) is 7.11 Å². The lowest BCUT2D eigenvalue weighted by atomic mass is 9.95. The van der Waals surface area contributed by atoms with Gasteiger partial charge in [-0.3, -0.25) is 4.79 Å². The van der Waals surface area contributed by atoms with E-state index in [2.05, 4.69) is 4.74 Å². The lowest BCUT2D eigenvalue weighted by molar-refractivity contribution is 0.0600. The van der Waals surface area contributed by atoms with Gasteiger partial charge < -0.3 is 9.47 Å². The molecule has 22 heavy (non-hydrogen) atoms. The summed E-state index contributed by atoms with van der Waals surface area (Å²) in [5.41, 5.74) is 3.03. The van der Waals surface area contributed by atoms with Gasteiger partial charge in [-0.05, 0) is 42.3 Å². The maximum atomic E-state index is 12.2. The maximum Gasteiger partial charge on any atom is 0.337 e. The summed E-state index contributed by atoms with van der Waals surface area (Å²) in [7, 11) is 1.35. The summed E-state index contributed by atoms with van der Waals surface area (Å²) in [6.45, 7) is 1.96. The molecule has 4 heteroatoms. The molecule has 0 radical (unpaired) electrons. The van der Waals surface area contributed by atoms with E-state index >= 15 is 0 Å². The van der Waals surface area contributed by atoms with Gasteiger partial charge in [0.2, 0.25) is 0 Å². The van der Waals surface area contributed by atoms with E-state index < -0.39 is 0 Å². The second kappa shape index (κ2) is 5.64. The van der Waals surface area contributed by atoms with E-state index in [1.807, 2.05) is 25.1 Å². The van der Waals surface area contributed by atoms with Crippen molar-refractivity contribution in [1.29, 1.82) is 0 Å². The lowest BCUT2D eigenvalue weighted by Crippen LogP contribution is -2.20. The molecular weight excluding hydrogens is 280 g/mol. The number of esters is 1. The normalized spacial score (nSPS) is 16.6. The Morgan fingerprint density at radius 2 is 1.91 bits per heavy atom. The smallest absolute Gasteiger partial charge is 0.337 e. The van der Waals surface area contributed by atoms with Gasteiger partial charge >= 0.3 is 5.97 Å². The van der Waals surface area contributed by atoms with Gasteiger partial charge in [0.25, 0.3) is 0 Å². The Bertz CT molecular complexity index is 731. The monoisotopic (exact) mass is 296 g/mol. The van der Waals surface area contributed by atoms with Gasteiger partial charge in [0.05, 0.1) is 24.7 Å². The Kier molecular flexibility index (Phi) is 3.67. The molecule has 1 atom stereocenters. The third-order valence-electron chi connectivity index (χ3n) is 3.78. The van der Waals surface area contributed by atoms with Crippen LogP contribution in [0, 0.1) is 6.92 Å². The highest BCUT2D eigenvalue weighted by Crippen LogP contribution is 2.35. The Hall–Kier alpha value is -2.62. The number of Topliss-reactive ketones (excluding diaryl/α,β-unsaturated/α-hetero) is 1. The molecule has 4 nitrogen and oxygen atoms in total. The van der Waals surface area contributed by atoms with Crippen molar-refractivity contribution in [2.24, 2.45) is 0 Å². The fourth-order valence-electron chi connectivity index (χ4n) is 2.57. The number of rotatable bonds is 2. The molecule has 1 unspecified atom stereocenters. The number of hydrogen-bond donors (Lipinski definition) is 0. The predicted molar refractivity (Wildman–Crippen MR) is 81.3 cm³/mol. The zero-order chi connectivity index (χ0) is 15.7. The fourth-order valence-corrected chi connectivity index (χ4v) is 2.57. The largest absolute Gasteiger partial charge is 0.484 e. The van der Waals surface area contributed by atoms with Gasteiger partial charge in [0.15, 0.2) is 5.78 Å². The molecule has 0 spiro atoms. The summed E-state index contributed by atoms with van der Waals surface area (Å²) in [5, 5.41) is 0. The molecular formula is C18H16O4. The van der Waals surface area contributed by atoms with Crippen LogP contribution in [0.1, 0.15) is 44.4 Å². The number of fused-ring (bicyclic) bond motifs is 1. The Labute approximate surface area is 128 Å². The summed E-state index contributed by atoms with van der Waals surface area (Å²) in [5.74, 6) is 0.315. The number of carbonyl (C=O) groups is 2. The van der Waals surface area contributed by atoms with E-state index in [0.29, 0.717) is 23.3 Å². The highest BCUT2D eigenvalue weighted by molar-refractivity contribution is 6.00. The van der Waals surface area contributed by atoms with Gasteiger partial charge in [-0.2, -0.15) is 0 Å². The average Bonchev–Trinajstić information content (AvgIpc) is 2.53. The summed E-state index contributed by atoms with van der Waals surface area (Å²) in [6, 6.07) is 12.6. The Balaban J connectivity index is 1.88. The fraction of sp³-hybridized carbons (Fsp3) is 0.222. The number of methoxy groups -OCH3 is 1. The SMILES string of the molecule is COC(=O)c1ccc(C2CC(=O)c3ccc(C)cc3O2)cc1. The van der Waals surface area contributed by atoms with Crippen LogP contribution in [0.4, 0.5) is 0 Å². The highest BCUT2D eigenvalue weighted by atomic mass is 16.5. The van der Waals surface area contributed by atoms with Gasteiger partial charge in [0, 0.05) is 0 Å². The minimum Gasteiger partial charge on any atom is -0.484 e. The summed E-state index contributed by atoms with van der Waals surface area (Å²) in [6.07, 6.45) is -0.0262. The third-order valence-corrected chi connectivity index (χ3v) is 3.78. The van der Waals surface area contributed by atoms with E-state index in [-0.39, 0.29) is 17.9 Å². The minimum atomic E-state index is -0.381. The van der Waals surface area contributed by atoms with Crippen molar-refractivity contribution in [3.05, 3.63) is 64.7 Å². The van der Waals surface area contributed by atoms with Crippen molar-refractivity contribution in [2.45, 2.75) is 19.4 Å². The summed E-state index contributed by atoms with van der Waals surface area (Å²) in [4.78, 5) is 23.7. The van der Waals surface area contributed by atoms with Crippen molar-refractivity contribution in [3.8, 4) is 5.75 Å². The number of benzene rings is 2. The molecule has 1 aliphatic heterocycles. The van der Waals surface area contributed by atoms with Crippen molar-refractivity contribution >= 4 is 11.8 Å². The summed E-state index contributed by atoms with van der Waals surface area (Å²) >= 11 is 0. The summed E-state index contributed by atoms with van der Waals surface area (Å²) < 4.78 is 10.6. The van der Waals surface area contributed by atoms with E-state index in [0.717, 1.165) is 11.1 Å². The van der Waals surface area contributed by atoms with Crippen molar-refractivity contribution in [3.63, 3.8) is 0 Å². The third kappa shape index (κ3) is 2.60. The molecule has 2 aromatic rings. The van der Waals surface area contributed by atoms with Crippen LogP contribution < -0.4 is 4.74 Å². The van der Waals surface area contributed by atoms with Crippen LogP contribution in [0.25, 0.3) is 0 Å². The zero-order valence-corrected chi connectivity index (χ0v) is 12.5. The van der Waals surface area contributed by atoms with Crippen molar-refractivity contribution in [2.75, 3.05) is 7.11 Å². The lowest BCUT2D eigenvalue weighted by Gasteiger charge is -2.26. The van der Waals surface area contributed by atoms with Crippen LogP contribution in [-0.2, 0) is 4.74 Å². The molecule has 1 aliphatic rings. The number of ketones is 1. The molecule has 0 aliphatic carbocycles. The number of carbonyl (C=O) groups excluding carboxylic acids is 2. The first-order valence-electron chi connectivity index (χ1n) is 7.07. The zero-order valence-electron chi connectivity index (χ0n) is 12.5. The van der Waals surface area contributed by atoms with Crippen LogP contribution >= 0.6 is 0 Å². The topological polar surface area (TPSA) is 52.6 Å². The Morgan fingerprint density at radius 1 is 1.18 bits per heavy atom. The molecule has 0 bridgehead atoms. The molecule has 2 aromatic carbocycles. The van der Waals surface area contributed by atoms with Gasteiger partial charge in [-0.1, -0.05) is 18.2 Å². The first-order chi connectivity index (χ1) is 10.6. The standard InChI is InChI=1S/C18H16O4/c1-11-3-8-14-15(19)10-16(22-17(14)9-11)12-4-6-13(7-5-12)18(20)21-2/h3-9,16H,10H2,1-2H3. The van der Waals surface area contributed by atoms with E-state index in [1.54, 1.807) is 24.3 Å². The highest BCUT2D eigenvalue weighted by Gasteiger charge is 2.27. The first kappa shape index (κ1) is 14.3. The molecule has 112 valence electrons. The molecule has 0 amide bonds. The van der Waals surface area contributed by atoms with Crippen LogP contribution in [0.3, 0.4) is 0 Å². The molecule has 1 heterocycles. The second-order valence-electron chi connectivity index (χ2n) is 5.35. The molecule has 0 saturated heterocycles. The number of hydrogen-bond acceptors (Lipinski definition) is 4. The molecule has 0 aromatic heterocycles. The van der Waals surface area contributed by atoms with Crippen molar-refractivity contribution < 1.29 is 19.1 Å². The van der Waals surface area contributed by atoms with Crippen LogP contribution in [0.5, 0.6) is 5.75 Å². The Morgan fingerprint density at radius 3 is 2.59 bits per heavy atom. The number of ether oxygens (including phenoxy) is 2. The molecule has 0 saturated carbocycles. The van der Waals surface area contributed by atoms with Crippen molar-refractivity contribution in [1.82, 2.24) is 0 Å². The van der Waals surface area contributed by atoms with Crippen LogP contribution in [0.2, 0.25) is 0 Å². The average molecular weight is 296 g/mol. The number of aryl methyl sites for hydroxylation is 1. The first-order valence-corrected chi connectivity index (χ1v) is 7.07. The molecule has 0 fully saturated rings.